The lowest BCUT2D eigenvalue weighted by Gasteiger charge is -2.16. The van der Waals surface area contributed by atoms with Crippen LogP contribution in [0.2, 0.25) is 0 Å². The molecule has 0 spiro atoms. The zero-order valence-electron chi connectivity index (χ0n) is 18.5. The second kappa shape index (κ2) is 10.6. The van der Waals surface area contributed by atoms with Gasteiger partial charge in [0.25, 0.3) is 0 Å². The van der Waals surface area contributed by atoms with E-state index >= 15 is 0 Å². The topological polar surface area (TPSA) is 71.0 Å². The number of nitrogens with one attached hydrogen (secondary N) is 1. The summed E-state index contributed by atoms with van der Waals surface area (Å²) in [7, 11) is 1.64. The van der Waals surface area contributed by atoms with Crippen LogP contribution in [0, 0.1) is 20.8 Å². The zero-order chi connectivity index (χ0) is 22.4. The van der Waals surface area contributed by atoms with Crippen LogP contribution >= 0.6 is 11.8 Å². The van der Waals surface area contributed by atoms with E-state index in [-0.39, 0.29) is 18.2 Å². The van der Waals surface area contributed by atoms with Crippen molar-refractivity contribution in [2.24, 2.45) is 4.99 Å². The van der Waals surface area contributed by atoms with E-state index in [1.165, 1.54) is 11.8 Å². The smallest absolute Gasteiger partial charge is 0.242 e. The molecule has 1 fully saturated rings. The minimum Gasteiger partial charge on any atom is -0.385 e. The van der Waals surface area contributed by atoms with Gasteiger partial charge in [0.15, 0.2) is 5.17 Å². The van der Waals surface area contributed by atoms with Gasteiger partial charge in [0, 0.05) is 32.4 Å². The molecule has 1 atom stereocenters. The predicted octanol–water partition coefficient (Wildman–Crippen LogP) is 4.61. The van der Waals surface area contributed by atoms with Gasteiger partial charge in [-0.25, -0.2) is 4.99 Å². The highest BCUT2D eigenvalue weighted by Gasteiger charge is 2.38. The summed E-state index contributed by atoms with van der Waals surface area (Å²) in [5.74, 6) is -0.253. The van der Waals surface area contributed by atoms with E-state index in [1.54, 1.807) is 12.0 Å². The third kappa shape index (κ3) is 6.18. The molecule has 0 saturated carbocycles. The minimum atomic E-state index is -0.490. The number of methoxy groups -OCH3 is 1. The molecule has 1 saturated heterocycles. The molecular weight excluding hydrogens is 410 g/mol. The molecule has 164 valence electrons. The first kappa shape index (κ1) is 23.0. The summed E-state index contributed by atoms with van der Waals surface area (Å²) in [4.78, 5) is 32.2. The molecule has 1 unspecified atom stereocenters. The minimum absolute atomic E-state index is 0.0800. The molecule has 1 N–H and O–H groups in total. The third-order valence-corrected chi connectivity index (χ3v) is 6.19. The van der Waals surface area contributed by atoms with E-state index in [2.05, 4.69) is 5.32 Å². The van der Waals surface area contributed by atoms with Gasteiger partial charge in [0.05, 0.1) is 5.69 Å². The highest BCUT2D eigenvalue weighted by molar-refractivity contribution is 8.15. The average Bonchev–Trinajstić information content (AvgIpc) is 2.99. The molecule has 2 aromatic carbocycles. The van der Waals surface area contributed by atoms with Crippen LogP contribution in [-0.2, 0) is 14.3 Å². The second-order valence-electron chi connectivity index (χ2n) is 7.75. The van der Waals surface area contributed by atoms with Crippen LogP contribution in [0.25, 0.3) is 0 Å². The van der Waals surface area contributed by atoms with Crippen LogP contribution in [0.3, 0.4) is 0 Å². The van der Waals surface area contributed by atoms with Crippen LogP contribution in [0.4, 0.5) is 11.4 Å². The Hall–Kier alpha value is -2.64. The van der Waals surface area contributed by atoms with Crippen molar-refractivity contribution in [3.8, 4) is 0 Å². The maximum absolute atomic E-state index is 13.1. The van der Waals surface area contributed by atoms with E-state index in [1.807, 2.05) is 63.2 Å². The maximum atomic E-state index is 13.1. The fourth-order valence-electron chi connectivity index (χ4n) is 3.35. The van der Waals surface area contributed by atoms with Crippen molar-refractivity contribution in [1.29, 1.82) is 0 Å². The number of anilines is 1. The molecule has 2 amide bonds. The zero-order valence-corrected chi connectivity index (χ0v) is 19.3. The van der Waals surface area contributed by atoms with Gasteiger partial charge in [0.2, 0.25) is 11.8 Å². The van der Waals surface area contributed by atoms with Gasteiger partial charge < -0.3 is 10.1 Å². The molecule has 1 aliphatic heterocycles. The molecule has 0 aromatic heterocycles. The van der Waals surface area contributed by atoms with Crippen molar-refractivity contribution in [2.75, 3.05) is 25.6 Å². The van der Waals surface area contributed by atoms with Gasteiger partial charge in [-0.05, 0) is 62.1 Å². The number of amidine groups is 1. The lowest BCUT2D eigenvalue weighted by atomic mass is 10.1. The largest absolute Gasteiger partial charge is 0.385 e. The van der Waals surface area contributed by atoms with Crippen LogP contribution in [-0.4, -0.2) is 47.4 Å². The molecule has 2 aromatic rings. The van der Waals surface area contributed by atoms with Crippen molar-refractivity contribution >= 4 is 40.1 Å². The van der Waals surface area contributed by atoms with Crippen LogP contribution < -0.4 is 5.32 Å². The number of hydrogen-bond donors (Lipinski definition) is 1. The van der Waals surface area contributed by atoms with Crippen LogP contribution in [0.15, 0.2) is 47.5 Å². The van der Waals surface area contributed by atoms with Crippen LogP contribution in [0.1, 0.15) is 29.5 Å². The Morgan fingerprint density at radius 3 is 2.68 bits per heavy atom. The summed E-state index contributed by atoms with van der Waals surface area (Å²) in [5.41, 5.74) is 4.75. The van der Waals surface area contributed by atoms with Gasteiger partial charge in [-0.3, -0.25) is 14.5 Å². The fraction of sp³-hybridized carbons (Fsp3) is 0.375. The molecule has 31 heavy (non-hydrogen) atoms. The van der Waals surface area contributed by atoms with E-state index in [9.17, 15) is 9.59 Å². The number of aliphatic imine (C=N–C) groups is 1. The van der Waals surface area contributed by atoms with Gasteiger partial charge in [-0.1, -0.05) is 36.0 Å². The van der Waals surface area contributed by atoms with E-state index in [4.69, 9.17) is 9.73 Å². The van der Waals surface area contributed by atoms with Crippen molar-refractivity contribution in [2.45, 2.75) is 38.9 Å². The summed E-state index contributed by atoms with van der Waals surface area (Å²) in [5, 5.41) is 3.10. The number of ether oxygens (including phenoxy) is 1. The Kier molecular flexibility index (Phi) is 7.87. The molecule has 6 nitrogen and oxygen atoms in total. The molecule has 7 heteroatoms. The number of amides is 2. The molecule has 1 heterocycles. The lowest BCUT2D eigenvalue weighted by Crippen LogP contribution is -2.34. The molecule has 0 bridgehead atoms. The van der Waals surface area contributed by atoms with Gasteiger partial charge in [-0.2, -0.15) is 0 Å². The second-order valence-corrected chi connectivity index (χ2v) is 8.92. The number of carbonyl (C=O) groups is 2. The number of benzene rings is 2. The van der Waals surface area contributed by atoms with Crippen molar-refractivity contribution in [1.82, 2.24) is 4.90 Å². The number of rotatable bonds is 8. The van der Waals surface area contributed by atoms with Gasteiger partial charge in [-0.15, -0.1) is 0 Å². The molecule has 1 aliphatic rings. The molecule has 0 aliphatic carbocycles. The predicted molar refractivity (Wildman–Crippen MR) is 127 cm³/mol. The highest BCUT2D eigenvalue weighted by Crippen LogP contribution is 2.32. The van der Waals surface area contributed by atoms with Gasteiger partial charge in [0.1, 0.15) is 5.25 Å². The highest BCUT2D eigenvalue weighted by atomic mass is 32.2. The van der Waals surface area contributed by atoms with E-state index in [0.29, 0.717) is 24.7 Å². The normalized spacial score (nSPS) is 17.4. The summed E-state index contributed by atoms with van der Waals surface area (Å²) in [6.45, 7) is 7.02. The third-order valence-electron chi connectivity index (χ3n) is 5.01. The number of nitrogens with zero attached hydrogens (tertiary/aromatic N) is 2. The molecule has 0 radical (unpaired) electrons. The summed E-state index contributed by atoms with van der Waals surface area (Å²) in [6, 6.07) is 13.8. The average molecular weight is 440 g/mol. The Labute approximate surface area is 188 Å². The Morgan fingerprint density at radius 1 is 1.16 bits per heavy atom. The maximum Gasteiger partial charge on any atom is 0.242 e. The lowest BCUT2D eigenvalue weighted by molar-refractivity contribution is -0.128. The number of hydrogen-bond acceptors (Lipinski definition) is 5. The van der Waals surface area contributed by atoms with Crippen molar-refractivity contribution in [3.63, 3.8) is 0 Å². The number of aryl methyl sites for hydroxylation is 3. The summed E-state index contributed by atoms with van der Waals surface area (Å²) < 4.78 is 5.14. The number of thioether (sulfide) groups is 1. The van der Waals surface area contributed by atoms with Crippen molar-refractivity contribution < 1.29 is 14.3 Å². The van der Waals surface area contributed by atoms with Crippen molar-refractivity contribution in [3.05, 3.63) is 59.2 Å². The first-order valence-electron chi connectivity index (χ1n) is 10.4. The quantitative estimate of drug-likeness (QED) is 0.610. The van der Waals surface area contributed by atoms with Crippen LogP contribution in [0.5, 0.6) is 0 Å². The SMILES string of the molecule is COCCCN1C(=O)C(CC(=O)Nc2cc(C)ccc2C)SC1=Nc1cccc(C)c1. The first-order chi connectivity index (χ1) is 14.9. The standard InChI is InChI=1S/C24H29N3O3S/c1-16-7-5-8-19(13-16)25-24-27(11-6-12-30-4)23(29)21(31-24)15-22(28)26-20-14-17(2)9-10-18(20)3/h5,7-10,13-14,21H,6,11-12,15H2,1-4H3,(H,26,28). The Bertz CT molecular complexity index is 990. The Morgan fingerprint density at radius 2 is 1.94 bits per heavy atom. The summed E-state index contributed by atoms with van der Waals surface area (Å²) >= 11 is 1.36. The number of carbonyl (C=O) groups excluding carboxylic acids is 2. The fourth-order valence-corrected chi connectivity index (χ4v) is 4.53. The molecular formula is C24H29N3O3S. The van der Waals surface area contributed by atoms with Gasteiger partial charge >= 0.3 is 0 Å². The first-order valence-corrected chi connectivity index (χ1v) is 11.2. The van der Waals surface area contributed by atoms with E-state index < -0.39 is 5.25 Å². The van der Waals surface area contributed by atoms with E-state index in [0.717, 1.165) is 28.1 Å². The Balaban J connectivity index is 1.75. The monoisotopic (exact) mass is 439 g/mol. The molecule has 3 rings (SSSR count). The summed E-state index contributed by atoms with van der Waals surface area (Å²) in [6.07, 6.45) is 0.807.